The van der Waals surface area contributed by atoms with Crippen molar-refractivity contribution in [3.8, 4) is 0 Å². The van der Waals surface area contributed by atoms with Crippen molar-refractivity contribution in [1.82, 2.24) is 0 Å². The summed E-state index contributed by atoms with van der Waals surface area (Å²) < 4.78 is 11.8. The Morgan fingerprint density at radius 2 is 0.818 bits per heavy atom. The molecule has 0 rings (SSSR count). The van der Waals surface area contributed by atoms with Crippen molar-refractivity contribution in [2.24, 2.45) is 0 Å². The second-order valence-corrected chi connectivity index (χ2v) is 10.3. The molecule has 0 aromatic heterocycles. The molecule has 0 amide bonds. The molecular formula is C19H42O2Si. The van der Waals surface area contributed by atoms with Gasteiger partial charge in [0, 0.05) is 14.2 Å². The number of unbranched alkanes of at least 4 members (excludes halogenated alkanes) is 11. The van der Waals surface area contributed by atoms with E-state index in [1.54, 1.807) is 0 Å². The van der Waals surface area contributed by atoms with Crippen molar-refractivity contribution in [3.63, 3.8) is 0 Å². The van der Waals surface area contributed by atoms with Crippen molar-refractivity contribution < 1.29 is 8.85 Å². The Bertz CT molecular complexity index is 217. The quantitative estimate of drug-likeness (QED) is 0.215. The van der Waals surface area contributed by atoms with Crippen LogP contribution in [0.3, 0.4) is 0 Å². The Morgan fingerprint density at radius 1 is 0.500 bits per heavy atom. The van der Waals surface area contributed by atoms with Crippen LogP contribution < -0.4 is 0 Å². The molecule has 0 aliphatic carbocycles. The summed E-state index contributed by atoms with van der Waals surface area (Å²) in [5, 5.41) is 0. The monoisotopic (exact) mass is 330 g/mol. The number of hydrogen-bond acceptors (Lipinski definition) is 2. The van der Waals surface area contributed by atoms with Gasteiger partial charge in [-0.2, -0.15) is 0 Å². The molecule has 0 heterocycles. The SMILES string of the molecule is CCCCCCCCC[Si](CCCCCCCC)(OC)OC. The van der Waals surface area contributed by atoms with Crippen LogP contribution in [0.15, 0.2) is 0 Å². The fraction of sp³-hybridized carbons (Fsp3) is 1.00. The minimum Gasteiger partial charge on any atom is -0.398 e. The number of hydrogen-bond donors (Lipinski definition) is 0. The molecule has 0 aliphatic heterocycles. The summed E-state index contributed by atoms with van der Waals surface area (Å²) >= 11 is 0. The molecular weight excluding hydrogens is 288 g/mol. The van der Waals surface area contributed by atoms with Crippen molar-refractivity contribution in [2.75, 3.05) is 14.2 Å². The van der Waals surface area contributed by atoms with Gasteiger partial charge < -0.3 is 8.85 Å². The molecule has 2 nitrogen and oxygen atoms in total. The lowest BCUT2D eigenvalue weighted by Gasteiger charge is -2.27. The molecule has 0 spiro atoms. The summed E-state index contributed by atoms with van der Waals surface area (Å²) in [5.74, 6) is 0. The zero-order chi connectivity index (χ0) is 16.5. The second kappa shape index (κ2) is 16.0. The van der Waals surface area contributed by atoms with Gasteiger partial charge in [0.25, 0.3) is 0 Å². The van der Waals surface area contributed by atoms with Gasteiger partial charge in [0.05, 0.1) is 0 Å². The maximum absolute atomic E-state index is 5.88. The van der Waals surface area contributed by atoms with Crippen molar-refractivity contribution in [2.45, 2.75) is 109 Å². The maximum Gasteiger partial charge on any atom is 0.337 e. The van der Waals surface area contributed by atoms with Gasteiger partial charge in [0.1, 0.15) is 0 Å². The van der Waals surface area contributed by atoms with E-state index in [9.17, 15) is 0 Å². The van der Waals surface area contributed by atoms with Gasteiger partial charge in [-0.25, -0.2) is 0 Å². The first-order chi connectivity index (χ1) is 10.7. The maximum atomic E-state index is 5.88. The van der Waals surface area contributed by atoms with Crippen LogP contribution in [-0.2, 0) is 8.85 Å². The highest BCUT2D eigenvalue weighted by molar-refractivity contribution is 6.67. The summed E-state index contributed by atoms with van der Waals surface area (Å²) in [6, 6.07) is 2.37. The molecule has 22 heavy (non-hydrogen) atoms. The molecule has 0 aromatic rings. The topological polar surface area (TPSA) is 18.5 Å². The fourth-order valence-electron chi connectivity index (χ4n) is 3.14. The van der Waals surface area contributed by atoms with Gasteiger partial charge in [-0.3, -0.25) is 0 Å². The molecule has 0 saturated heterocycles. The molecule has 0 unspecified atom stereocenters. The third-order valence-corrected chi connectivity index (χ3v) is 8.54. The zero-order valence-corrected chi connectivity index (χ0v) is 16.9. The van der Waals surface area contributed by atoms with Gasteiger partial charge in [0.15, 0.2) is 0 Å². The standard InChI is InChI=1S/C19H42O2Si/c1-5-7-9-11-13-15-17-19-22(20-3,21-4)18-16-14-12-10-8-6-2/h5-19H2,1-4H3. The normalized spacial score (nSPS) is 12.0. The van der Waals surface area contributed by atoms with Gasteiger partial charge in [-0.1, -0.05) is 97.3 Å². The average Bonchev–Trinajstić information content (AvgIpc) is 2.55. The Balaban J connectivity index is 3.76. The molecule has 0 saturated carbocycles. The van der Waals surface area contributed by atoms with Crippen molar-refractivity contribution in [3.05, 3.63) is 0 Å². The smallest absolute Gasteiger partial charge is 0.337 e. The van der Waals surface area contributed by atoms with E-state index < -0.39 is 8.56 Å². The van der Waals surface area contributed by atoms with Crippen molar-refractivity contribution in [1.29, 1.82) is 0 Å². The molecule has 0 bridgehead atoms. The van der Waals surface area contributed by atoms with E-state index in [-0.39, 0.29) is 0 Å². The first kappa shape index (κ1) is 22.1. The minimum absolute atomic E-state index is 1.18. The van der Waals surface area contributed by atoms with Crippen LogP contribution in [0, 0.1) is 0 Å². The first-order valence-electron chi connectivity index (χ1n) is 9.85. The highest BCUT2D eigenvalue weighted by atomic mass is 28.4. The summed E-state index contributed by atoms with van der Waals surface area (Å²) in [4.78, 5) is 0. The average molecular weight is 331 g/mol. The van der Waals surface area contributed by atoms with E-state index in [2.05, 4.69) is 13.8 Å². The van der Waals surface area contributed by atoms with Gasteiger partial charge in [0.2, 0.25) is 0 Å². The van der Waals surface area contributed by atoms with Crippen LogP contribution in [0.5, 0.6) is 0 Å². The highest BCUT2D eigenvalue weighted by Gasteiger charge is 2.33. The van der Waals surface area contributed by atoms with Crippen LogP contribution in [0.25, 0.3) is 0 Å². The molecule has 0 N–H and O–H groups in total. The molecule has 134 valence electrons. The predicted octanol–water partition coefficient (Wildman–Crippen LogP) is 6.83. The van der Waals surface area contributed by atoms with E-state index in [0.717, 1.165) is 0 Å². The summed E-state index contributed by atoms with van der Waals surface area (Å²) in [6.45, 7) is 4.55. The van der Waals surface area contributed by atoms with E-state index in [1.807, 2.05) is 14.2 Å². The summed E-state index contributed by atoms with van der Waals surface area (Å²) in [5.41, 5.74) is 0. The summed E-state index contributed by atoms with van der Waals surface area (Å²) in [7, 11) is 1.85. The zero-order valence-electron chi connectivity index (χ0n) is 15.9. The van der Waals surface area contributed by atoms with Crippen LogP contribution in [0.2, 0.25) is 12.1 Å². The Labute approximate surface area is 141 Å². The van der Waals surface area contributed by atoms with E-state index in [0.29, 0.717) is 0 Å². The number of rotatable bonds is 17. The Hall–Kier alpha value is 0.137. The molecule has 0 aliphatic rings. The lowest BCUT2D eigenvalue weighted by atomic mass is 10.1. The minimum atomic E-state index is -1.89. The van der Waals surface area contributed by atoms with Crippen molar-refractivity contribution >= 4 is 8.56 Å². The molecule has 0 aromatic carbocycles. The van der Waals surface area contributed by atoms with Gasteiger partial charge in [-0.05, 0) is 12.1 Å². The first-order valence-corrected chi connectivity index (χ1v) is 12.1. The fourth-order valence-corrected chi connectivity index (χ4v) is 5.95. The third kappa shape index (κ3) is 11.7. The van der Waals surface area contributed by atoms with Gasteiger partial charge >= 0.3 is 8.56 Å². The van der Waals surface area contributed by atoms with Crippen LogP contribution in [0.4, 0.5) is 0 Å². The third-order valence-electron chi connectivity index (χ3n) is 4.82. The molecule has 0 atom stereocenters. The van der Waals surface area contributed by atoms with Crippen LogP contribution in [0.1, 0.15) is 97.3 Å². The largest absolute Gasteiger partial charge is 0.398 e. The van der Waals surface area contributed by atoms with E-state index in [4.69, 9.17) is 8.85 Å². The summed E-state index contributed by atoms with van der Waals surface area (Å²) in [6.07, 6.45) is 17.7. The van der Waals surface area contributed by atoms with E-state index >= 15 is 0 Å². The van der Waals surface area contributed by atoms with Crippen LogP contribution >= 0.6 is 0 Å². The predicted molar refractivity (Wildman–Crippen MR) is 101 cm³/mol. The highest BCUT2D eigenvalue weighted by Crippen LogP contribution is 2.25. The second-order valence-electron chi connectivity index (χ2n) is 6.71. The van der Waals surface area contributed by atoms with E-state index in [1.165, 1.54) is 95.6 Å². The molecule has 3 heteroatoms. The lowest BCUT2D eigenvalue weighted by Crippen LogP contribution is -2.39. The Kier molecular flexibility index (Phi) is 16.1. The van der Waals surface area contributed by atoms with Gasteiger partial charge in [-0.15, -0.1) is 0 Å². The van der Waals surface area contributed by atoms with Crippen LogP contribution in [-0.4, -0.2) is 22.8 Å². The Morgan fingerprint density at radius 3 is 1.14 bits per heavy atom. The lowest BCUT2D eigenvalue weighted by molar-refractivity contribution is 0.238. The molecule has 0 radical (unpaired) electrons. The molecule has 0 fully saturated rings.